The van der Waals surface area contributed by atoms with Crippen LogP contribution in [0.2, 0.25) is 0 Å². The van der Waals surface area contributed by atoms with Crippen LogP contribution in [0.5, 0.6) is 0 Å². The van der Waals surface area contributed by atoms with E-state index in [9.17, 15) is 4.79 Å². The molecule has 0 saturated carbocycles. The Kier molecular flexibility index (Phi) is 5.03. The van der Waals surface area contributed by atoms with Crippen molar-refractivity contribution in [2.45, 2.75) is 40.2 Å². The zero-order chi connectivity index (χ0) is 16.3. The van der Waals surface area contributed by atoms with Gasteiger partial charge in [-0.05, 0) is 57.9 Å². The number of rotatable bonds is 5. The first kappa shape index (κ1) is 16.3. The fourth-order valence-corrected chi connectivity index (χ4v) is 2.67. The van der Waals surface area contributed by atoms with Gasteiger partial charge in [0, 0.05) is 29.7 Å². The molecule has 1 atom stereocenters. The smallest absolute Gasteiger partial charge is 0.253 e. The van der Waals surface area contributed by atoms with Gasteiger partial charge in [-0.1, -0.05) is 12.1 Å². The quantitative estimate of drug-likeness (QED) is 0.892. The van der Waals surface area contributed by atoms with Crippen molar-refractivity contribution >= 4 is 5.91 Å². The maximum absolute atomic E-state index is 12.3. The Balaban J connectivity index is 2.25. The molecule has 2 aromatic rings. The van der Waals surface area contributed by atoms with Gasteiger partial charge in [0.1, 0.15) is 0 Å². The van der Waals surface area contributed by atoms with Crippen molar-refractivity contribution in [3.05, 3.63) is 52.8 Å². The van der Waals surface area contributed by atoms with Gasteiger partial charge in [-0.15, -0.1) is 0 Å². The van der Waals surface area contributed by atoms with Gasteiger partial charge in [-0.2, -0.15) is 0 Å². The van der Waals surface area contributed by atoms with E-state index in [0.29, 0.717) is 6.54 Å². The largest absolute Gasteiger partial charge is 0.352 e. The van der Waals surface area contributed by atoms with Gasteiger partial charge in [0.15, 0.2) is 0 Å². The van der Waals surface area contributed by atoms with Gasteiger partial charge in [-0.3, -0.25) is 4.79 Å². The molecule has 1 heterocycles. The van der Waals surface area contributed by atoms with Crippen LogP contribution in [0.25, 0.3) is 5.69 Å². The average molecular weight is 299 g/mol. The maximum Gasteiger partial charge on any atom is 0.253 e. The minimum absolute atomic E-state index is 0.0346. The molecule has 0 bridgehead atoms. The monoisotopic (exact) mass is 299 g/mol. The second kappa shape index (κ2) is 6.79. The van der Waals surface area contributed by atoms with Crippen LogP contribution >= 0.6 is 0 Å². The number of hydrogen-bond acceptors (Lipinski definition) is 2. The molecule has 0 saturated heterocycles. The number of aromatic nitrogens is 1. The molecule has 0 fully saturated rings. The standard InChI is InChI=1S/C18H25N3O/c1-12-6-5-7-16(10-12)21-14(3)11-17(15(21)4)18(22)20-9-8-13(2)19/h5-7,10-11,13H,8-9,19H2,1-4H3,(H,20,22). The number of amides is 1. The maximum atomic E-state index is 12.3. The molecule has 0 aliphatic rings. The summed E-state index contributed by atoms with van der Waals surface area (Å²) in [5.74, 6) is -0.0346. The van der Waals surface area contributed by atoms with Crippen LogP contribution in [-0.2, 0) is 0 Å². The SMILES string of the molecule is Cc1cccc(-n2c(C)cc(C(=O)NCCC(C)N)c2C)c1. The lowest BCUT2D eigenvalue weighted by atomic mass is 10.2. The molecular weight excluding hydrogens is 274 g/mol. The number of hydrogen-bond donors (Lipinski definition) is 2. The van der Waals surface area contributed by atoms with Crippen molar-refractivity contribution in [2.75, 3.05) is 6.54 Å². The molecule has 118 valence electrons. The molecule has 4 heteroatoms. The van der Waals surface area contributed by atoms with E-state index < -0.39 is 0 Å². The van der Waals surface area contributed by atoms with Gasteiger partial charge in [-0.25, -0.2) is 0 Å². The number of nitrogens with zero attached hydrogens (tertiary/aromatic N) is 1. The predicted octanol–water partition coefficient (Wildman–Crippen LogP) is 2.87. The van der Waals surface area contributed by atoms with Crippen molar-refractivity contribution < 1.29 is 4.79 Å². The predicted molar refractivity (Wildman–Crippen MR) is 90.6 cm³/mol. The molecule has 2 rings (SSSR count). The third-order valence-electron chi connectivity index (χ3n) is 3.82. The van der Waals surface area contributed by atoms with Crippen LogP contribution in [0.15, 0.2) is 30.3 Å². The summed E-state index contributed by atoms with van der Waals surface area (Å²) in [7, 11) is 0. The number of nitrogens with one attached hydrogen (secondary N) is 1. The first-order valence-electron chi connectivity index (χ1n) is 7.70. The van der Waals surface area contributed by atoms with Crippen molar-refractivity contribution in [2.24, 2.45) is 5.73 Å². The Morgan fingerprint density at radius 3 is 2.64 bits per heavy atom. The van der Waals surface area contributed by atoms with Crippen LogP contribution in [0.3, 0.4) is 0 Å². The molecule has 0 aliphatic heterocycles. The van der Waals surface area contributed by atoms with Crippen LogP contribution < -0.4 is 11.1 Å². The molecule has 0 spiro atoms. The lowest BCUT2D eigenvalue weighted by Gasteiger charge is -2.11. The zero-order valence-corrected chi connectivity index (χ0v) is 13.8. The fraction of sp³-hybridized carbons (Fsp3) is 0.389. The van der Waals surface area contributed by atoms with Crippen LogP contribution in [0.1, 0.15) is 40.7 Å². The molecule has 1 amide bonds. The first-order valence-corrected chi connectivity index (χ1v) is 7.70. The number of benzene rings is 1. The highest BCUT2D eigenvalue weighted by atomic mass is 16.1. The number of carbonyl (C=O) groups is 1. The van der Waals surface area contributed by atoms with Crippen molar-refractivity contribution in [3.8, 4) is 5.69 Å². The third-order valence-corrected chi connectivity index (χ3v) is 3.82. The van der Waals surface area contributed by atoms with Gasteiger partial charge in [0.2, 0.25) is 0 Å². The molecule has 3 N–H and O–H groups in total. The van der Waals surface area contributed by atoms with E-state index in [1.807, 2.05) is 32.9 Å². The Morgan fingerprint density at radius 2 is 2.00 bits per heavy atom. The highest BCUT2D eigenvalue weighted by Crippen LogP contribution is 2.21. The zero-order valence-electron chi connectivity index (χ0n) is 13.8. The number of nitrogens with two attached hydrogens (primary N) is 1. The average Bonchev–Trinajstić information content (AvgIpc) is 2.73. The van der Waals surface area contributed by atoms with E-state index in [0.717, 1.165) is 29.1 Å². The molecule has 1 unspecified atom stereocenters. The Hall–Kier alpha value is -2.07. The molecule has 0 aliphatic carbocycles. The second-order valence-electron chi connectivity index (χ2n) is 5.98. The number of aryl methyl sites for hydroxylation is 2. The highest BCUT2D eigenvalue weighted by Gasteiger charge is 2.16. The van der Waals surface area contributed by atoms with E-state index >= 15 is 0 Å². The summed E-state index contributed by atoms with van der Waals surface area (Å²) < 4.78 is 2.12. The molecule has 1 aromatic carbocycles. The summed E-state index contributed by atoms with van der Waals surface area (Å²) in [6.07, 6.45) is 0.780. The van der Waals surface area contributed by atoms with E-state index in [4.69, 9.17) is 5.73 Å². The van der Waals surface area contributed by atoms with E-state index in [2.05, 4.69) is 35.0 Å². The Bertz CT molecular complexity index is 671. The molecular formula is C18H25N3O. The van der Waals surface area contributed by atoms with Gasteiger partial charge < -0.3 is 15.6 Å². The molecule has 4 nitrogen and oxygen atoms in total. The third kappa shape index (κ3) is 3.57. The van der Waals surface area contributed by atoms with Crippen LogP contribution in [0.4, 0.5) is 0 Å². The Labute approximate surface area is 132 Å². The van der Waals surface area contributed by atoms with Crippen molar-refractivity contribution in [1.82, 2.24) is 9.88 Å². The lowest BCUT2D eigenvalue weighted by molar-refractivity contribution is 0.0952. The molecule has 22 heavy (non-hydrogen) atoms. The van der Waals surface area contributed by atoms with E-state index in [-0.39, 0.29) is 11.9 Å². The van der Waals surface area contributed by atoms with Gasteiger partial charge in [0.25, 0.3) is 5.91 Å². The minimum atomic E-state index is -0.0346. The normalized spacial score (nSPS) is 12.2. The summed E-state index contributed by atoms with van der Waals surface area (Å²) in [6, 6.07) is 10.3. The molecule has 1 aromatic heterocycles. The fourth-order valence-electron chi connectivity index (χ4n) is 2.67. The number of carbonyl (C=O) groups excluding carboxylic acids is 1. The lowest BCUT2D eigenvalue weighted by Crippen LogP contribution is -2.29. The summed E-state index contributed by atoms with van der Waals surface area (Å²) in [5, 5.41) is 2.94. The van der Waals surface area contributed by atoms with Crippen LogP contribution in [-0.4, -0.2) is 23.1 Å². The van der Waals surface area contributed by atoms with E-state index in [1.165, 1.54) is 5.56 Å². The van der Waals surface area contributed by atoms with Crippen molar-refractivity contribution in [1.29, 1.82) is 0 Å². The van der Waals surface area contributed by atoms with E-state index in [1.54, 1.807) is 0 Å². The summed E-state index contributed by atoms with van der Waals surface area (Å²) in [6.45, 7) is 8.61. The Morgan fingerprint density at radius 1 is 1.27 bits per heavy atom. The molecule has 0 radical (unpaired) electrons. The van der Waals surface area contributed by atoms with Crippen molar-refractivity contribution in [3.63, 3.8) is 0 Å². The van der Waals surface area contributed by atoms with Gasteiger partial charge in [0.05, 0.1) is 5.56 Å². The first-order chi connectivity index (χ1) is 10.4. The minimum Gasteiger partial charge on any atom is -0.352 e. The van der Waals surface area contributed by atoms with Crippen LogP contribution in [0, 0.1) is 20.8 Å². The summed E-state index contributed by atoms with van der Waals surface area (Å²) >= 11 is 0. The topological polar surface area (TPSA) is 60.0 Å². The second-order valence-corrected chi connectivity index (χ2v) is 5.98. The highest BCUT2D eigenvalue weighted by molar-refractivity contribution is 5.95. The summed E-state index contributed by atoms with van der Waals surface area (Å²) in [5.41, 5.74) is 10.7. The van der Waals surface area contributed by atoms with Gasteiger partial charge >= 0.3 is 0 Å². The summed E-state index contributed by atoms with van der Waals surface area (Å²) in [4.78, 5) is 12.3.